The number of aromatic nitrogens is 4. The number of fused-ring (bicyclic) bond motifs is 1. The van der Waals surface area contributed by atoms with E-state index in [2.05, 4.69) is 15.1 Å². The lowest BCUT2D eigenvalue weighted by Crippen LogP contribution is -2.12. The number of anilines is 2. The molecule has 3 N–H and O–H groups in total. The van der Waals surface area contributed by atoms with Crippen LogP contribution in [0, 0.1) is 0 Å². The molecule has 0 aliphatic rings. The molecule has 0 saturated heterocycles. The van der Waals surface area contributed by atoms with E-state index in [1.54, 1.807) is 4.52 Å². The van der Waals surface area contributed by atoms with Crippen molar-refractivity contribution in [1.29, 1.82) is 0 Å². The van der Waals surface area contributed by atoms with Crippen LogP contribution in [0.4, 0.5) is 11.6 Å². The zero-order valence-corrected chi connectivity index (χ0v) is 10.0. The fourth-order valence-corrected chi connectivity index (χ4v) is 1.85. The molecule has 3 heterocycles. The minimum Gasteiger partial charge on any atom is -0.348 e. The predicted molar refractivity (Wildman–Crippen MR) is 69.7 cm³/mol. The number of nitrogens with two attached hydrogens (primary N) is 1. The molecule has 0 aliphatic carbocycles. The normalized spacial score (nSPS) is 11.0. The molecule has 0 aliphatic heterocycles. The fraction of sp³-hybridized carbons (Fsp3) is 0.167. The van der Waals surface area contributed by atoms with E-state index in [0.29, 0.717) is 6.54 Å². The summed E-state index contributed by atoms with van der Waals surface area (Å²) in [6.45, 7) is 0.422. The lowest BCUT2D eigenvalue weighted by molar-refractivity contribution is 0.906. The van der Waals surface area contributed by atoms with Crippen LogP contribution in [0.1, 0.15) is 5.69 Å². The number of hydrogen-bond donors (Lipinski definition) is 2. The largest absolute Gasteiger partial charge is 0.348 e. The molecule has 18 heavy (non-hydrogen) atoms. The number of nitrogens with zero attached hydrogens (tertiary/aromatic N) is 4. The van der Waals surface area contributed by atoms with Crippen molar-refractivity contribution in [2.45, 2.75) is 6.54 Å². The van der Waals surface area contributed by atoms with Crippen LogP contribution in [-0.2, 0) is 6.54 Å². The van der Waals surface area contributed by atoms with E-state index in [-0.39, 0.29) is 0 Å². The van der Waals surface area contributed by atoms with Crippen molar-refractivity contribution in [1.82, 2.24) is 19.6 Å². The van der Waals surface area contributed by atoms with Gasteiger partial charge < -0.3 is 15.6 Å². The van der Waals surface area contributed by atoms with Crippen LogP contribution in [0.2, 0.25) is 0 Å². The van der Waals surface area contributed by atoms with Crippen LogP contribution in [0.5, 0.6) is 0 Å². The third-order valence-corrected chi connectivity index (χ3v) is 2.85. The van der Waals surface area contributed by atoms with Gasteiger partial charge in [0.1, 0.15) is 5.82 Å². The maximum absolute atomic E-state index is 5.57. The molecule has 0 atom stereocenters. The Bertz CT molecular complexity index is 654. The summed E-state index contributed by atoms with van der Waals surface area (Å²) in [5, 5.41) is 4.50. The second-order valence-electron chi connectivity index (χ2n) is 4.05. The fourth-order valence-electron chi connectivity index (χ4n) is 1.85. The Hall–Kier alpha value is -2.34. The first-order valence-corrected chi connectivity index (χ1v) is 5.70. The minimum absolute atomic E-state index is 0.422. The number of rotatable bonds is 3. The summed E-state index contributed by atoms with van der Waals surface area (Å²) in [5.41, 5.74) is 7.21. The highest BCUT2D eigenvalue weighted by molar-refractivity contribution is 5.56. The van der Waals surface area contributed by atoms with Crippen molar-refractivity contribution in [3.8, 4) is 0 Å². The van der Waals surface area contributed by atoms with Gasteiger partial charge >= 0.3 is 0 Å². The van der Waals surface area contributed by atoms with E-state index in [0.717, 1.165) is 23.0 Å². The van der Waals surface area contributed by atoms with Gasteiger partial charge in [-0.05, 0) is 24.3 Å². The van der Waals surface area contributed by atoms with Gasteiger partial charge in [-0.15, -0.1) is 5.10 Å². The quantitative estimate of drug-likeness (QED) is 0.725. The SMILES string of the molecule is CN(c1ccc2nc(CN)cn2n1)c1ccc[nH]1. The summed E-state index contributed by atoms with van der Waals surface area (Å²) in [6.07, 6.45) is 3.73. The monoisotopic (exact) mass is 242 g/mol. The Morgan fingerprint density at radius 3 is 3.00 bits per heavy atom. The van der Waals surface area contributed by atoms with E-state index in [1.807, 2.05) is 48.6 Å². The summed E-state index contributed by atoms with van der Waals surface area (Å²) in [5.74, 6) is 1.83. The Labute approximate surface area is 104 Å². The summed E-state index contributed by atoms with van der Waals surface area (Å²) in [7, 11) is 1.96. The lowest BCUT2D eigenvalue weighted by Gasteiger charge is -2.15. The van der Waals surface area contributed by atoms with Crippen molar-refractivity contribution in [2.24, 2.45) is 5.73 Å². The molecule has 0 unspecified atom stereocenters. The molecule has 0 bridgehead atoms. The maximum atomic E-state index is 5.57. The van der Waals surface area contributed by atoms with Crippen LogP contribution in [-0.4, -0.2) is 26.6 Å². The third-order valence-electron chi connectivity index (χ3n) is 2.85. The van der Waals surface area contributed by atoms with Gasteiger partial charge in [-0.25, -0.2) is 9.50 Å². The molecular formula is C12H14N6. The molecule has 0 amide bonds. The summed E-state index contributed by atoms with van der Waals surface area (Å²) in [4.78, 5) is 9.46. The summed E-state index contributed by atoms with van der Waals surface area (Å²) >= 11 is 0. The Morgan fingerprint density at radius 2 is 2.28 bits per heavy atom. The Morgan fingerprint density at radius 1 is 1.39 bits per heavy atom. The third kappa shape index (κ3) is 1.72. The first kappa shape index (κ1) is 10.8. The highest BCUT2D eigenvalue weighted by Crippen LogP contribution is 2.19. The molecule has 92 valence electrons. The minimum atomic E-state index is 0.422. The molecule has 3 aromatic heterocycles. The molecule has 0 aromatic carbocycles. The van der Waals surface area contributed by atoms with E-state index in [4.69, 9.17) is 5.73 Å². The van der Waals surface area contributed by atoms with Crippen molar-refractivity contribution < 1.29 is 0 Å². The zero-order chi connectivity index (χ0) is 12.5. The van der Waals surface area contributed by atoms with Gasteiger partial charge in [0, 0.05) is 19.8 Å². The van der Waals surface area contributed by atoms with Crippen LogP contribution in [0.3, 0.4) is 0 Å². The number of hydrogen-bond acceptors (Lipinski definition) is 4. The second-order valence-corrected chi connectivity index (χ2v) is 4.05. The van der Waals surface area contributed by atoms with Crippen molar-refractivity contribution in [3.63, 3.8) is 0 Å². The van der Waals surface area contributed by atoms with Crippen LogP contribution < -0.4 is 10.6 Å². The first-order valence-electron chi connectivity index (χ1n) is 5.70. The Balaban J connectivity index is 2.02. The van der Waals surface area contributed by atoms with Gasteiger partial charge in [0.05, 0.1) is 11.9 Å². The number of nitrogens with one attached hydrogen (secondary N) is 1. The average molecular weight is 242 g/mol. The molecule has 3 aromatic rings. The van der Waals surface area contributed by atoms with Gasteiger partial charge in [-0.1, -0.05) is 0 Å². The average Bonchev–Trinajstić information content (AvgIpc) is 3.05. The van der Waals surface area contributed by atoms with Crippen LogP contribution >= 0.6 is 0 Å². The summed E-state index contributed by atoms with van der Waals surface area (Å²) < 4.78 is 1.75. The van der Waals surface area contributed by atoms with Gasteiger partial charge in [0.2, 0.25) is 0 Å². The standard InChI is InChI=1S/C12H14N6/c1-17(10-3-2-6-14-10)12-5-4-11-15-9(7-13)8-18(11)16-12/h2-6,8,14H,7,13H2,1H3. The van der Waals surface area contributed by atoms with Crippen molar-refractivity contribution in [3.05, 3.63) is 42.4 Å². The zero-order valence-electron chi connectivity index (χ0n) is 10.0. The summed E-state index contributed by atoms with van der Waals surface area (Å²) in [6, 6.07) is 7.81. The highest BCUT2D eigenvalue weighted by atomic mass is 15.3. The second kappa shape index (κ2) is 4.15. The highest BCUT2D eigenvalue weighted by Gasteiger charge is 2.08. The molecule has 0 spiro atoms. The molecule has 3 rings (SSSR count). The molecule has 6 heteroatoms. The molecule has 6 nitrogen and oxygen atoms in total. The lowest BCUT2D eigenvalue weighted by atomic mass is 10.4. The number of imidazole rings is 1. The van der Waals surface area contributed by atoms with Crippen molar-refractivity contribution in [2.75, 3.05) is 11.9 Å². The van der Waals surface area contributed by atoms with Crippen LogP contribution in [0.25, 0.3) is 5.65 Å². The number of aromatic amines is 1. The van der Waals surface area contributed by atoms with Crippen LogP contribution in [0.15, 0.2) is 36.7 Å². The maximum Gasteiger partial charge on any atom is 0.154 e. The van der Waals surface area contributed by atoms with Gasteiger partial charge in [-0.3, -0.25) is 0 Å². The van der Waals surface area contributed by atoms with E-state index < -0.39 is 0 Å². The smallest absolute Gasteiger partial charge is 0.154 e. The van der Waals surface area contributed by atoms with E-state index in [1.165, 1.54) is 0 Å². The van der Waals surface area contributed by atoms with Gasteiger partial charge in [0.15, 0.2) is 11.5 Å². The Kier molecular flexibility index (Phi) is 2.49. The van der Waals surface area contributed by atoms with E-state index in [9.17, 15) is 0 Å². The predicted octanol–water partition coefficient (Wildman–Crippen LogP) is 1.28. The number of H-pyrrole nitrogens is 1. The molecule has 0 saturated carbocycles. The first-order chi connectivity index (χ1) is 8.78. The molecule has 0 radical (unpaired) electrons. The van der Waals surface area contributed by atoms with E-state index >= 15 is 0 Å². The molecular weight excluding hydrogens is 228 g/mol. The topological polar surface area (TPSA) is 75.2 Å². The van der Waals surface area contributed by atoms with Gasteiger partial charge in [-0.2, -0.15) is 0 Å². The van der Waals surface area contributed by atoms with Crippen molar-refractivity contribution >= 4 is 17.3 Å². The van der Waals surface area contributed by atoms with Gasteiger partial charge in [0.25, 0.3) is 0 Å². The molecule has 0 fully saturated rings.